The van der Waals surface area contributed by atoms with Gasteiger partial charge in [0.25, 0.3) is 0 Å². The van der Waals surface area contributed by atoms with Crippen molar-refractivity contribution in [2.24, 2.45) is 0 Å². The van der Waals surface area contributed by atoms with Crippen molar-refractivity contribution in [3.63, 3.8) is 0 Å². The van der Waals surface area contributed by atoms with Crippen LogP contribution in [0.1, 0.15) is 27.0 Å². The SMILES string of the molecule is CC(C)OC(=O)C(C)NP(=O)(CO[C@@H]1C=C(F)[C@H](n2cnc3c(N)ncnc32)O1)Oc1ccccc1. The molecule has 0 aliphatic carbocycles. The summed E-state index contributed by atoms with van der Waals surface area (Å²) in [6.45, 7) is 4.89. The van der Waals surface area contributed by atoms with E-state index >= 15 is 0 Å². The van der Waals surface area contributed by atoms with Crippen LogP contribution in [0.25, 0.3) is 11.2 Å². The van der Waals surface area contributed by atoms with E-state index in [4.69, 9.17) is 24.5 Å². The average Bonchev–Trinajstić information content (AvgIpc) is 3.41. The summed E-state index contributed by atoms with van der Waals surface area (Å²) in [4.78, 5) is 24.3. The average molecular weight is 520 g/mol. The largest absolute Gasteiger partial charge is 0.462 e. The predicted molar refractivity (Wildman–Crippen MR) is 127 cm³/mol. The number of benzene rings is 1. The van der Waals surface area contributed by atoms with E-state index in [9.17, 15) is 13.8 Å². The summed E-state index contributed by atoms with van der Waals surface area (Å²) in [6, 6.07) is 7.40. The molecule has 1 aliphatic rings. The van der Waals surface area contributed by atoms with Crippen molar-refractivity contribution in [2.45, 2.75) is 45.4 Å². The van der Waals surface area contributed by atoms with Gasteiger partial charge in [-0.15, -0.1) is 0 Å². The highest BCUT2D eigenvalue weighted by Gasteiger charge is 2.36. The molecular formula is C22H26FN6O6P. The molecule has 2 unspecified atom stereocenters. The third kappa shape index (κ3) is 5.88. The number of nitrogen functional groups attached to an aromatic ring is 1. The Morgan fingerprint density at radius 2 is 2.00 bits per heavy atom. The van der Waals surface area contributed by atoms with Gasteiger partial charge in [-0.25, -0.2) is 24.4 Å². The number of nitrogens with two attached hydrogens (primary N) is 1. The Kier molecular flexibility index (Phi) is 7.65. The first-order chi connectivity index (χ1) is 17.1. The van der Waals surface area contributed by atoms with Gasteiger partial charge in [-0.2, -0.15) is 0 Å². The molecule has 192 valence electrons. The Morgan fingerprint density at radius 3 is 2.72 bits per heavy atom. The van der Waals surface area contributed by atoms with Gasteiger partial charge in [-0.3, -0.25) is 13.9 Å². The quantitative estimate of drug-likeness (QED) is 0.299. The van der Waals surface area contributed by atoms with Crippen LogP contribution in [0.2, 0.25) is 0 Å². The van der Waals surface area contributed by atoms with Gasteiger partial charge in [-0.05, 0) is 32.9 Å². The molecule has 3 aromatic rings. The molecule has 2 aromatic heterocycles. The van der Waals surface area contributed by atoms with E-state index in [1.807, 2.05) is 0 Å². The van der Waals surface area contributed by atoms with Crippen molar-refractivity contribution in [1.29, 1.82) is 0 Å². The predicted octanol–water partition coefficient (Wildman–Crippen LogP) is 3.29. The van der Waals surface area contributed by atoms with Crippen molar-refractivity contribution in [3.8, 4) is 5.75 Å². The highest BCUT2D eigenvalue weighted by Crippen LogP contribution is 2.45. The summed E-state index contributed by atoms with van der Waals surface area (Å²) in [6.07, 6.45) is 0.310. The standard InChI is InChI=1S/C22H26FN6O6P/c1-13(2)33-22(30)14(3)28-36(31,35-15-7-5-4-6-8-15)12-32-17-9-16(23)21(34-17)29-11-27-18-19(24)25-10-26-20(18)29/h4-11,13-14,17,21H,12H2,1-3H3,(H,28,31)(H2,24,25,26)/t14?,17-,21+,36?/m0/s1. The van der Waals surface area contributed by atoms with Crippen molar-refractivity contribution < 1.29 is 32.5 Å². The van der Waals surface area contributed by atoms with Crippen LogP contribution < -0.4 is 15.3 Å². The monoisotopic (exact) mass is 520 g/mol. The zero-order chi connectivity index (χ0) is 25.9. The van der Waals surface area contributed by atoms with Crippen molar-refractivity contribution in [3.05, 3.63) is 54.9 Å². The van der Waals surface area contributed by atoms with Crippen LogP contribution in [0, 0.1) is 0 Å². The van der Waals surface area contributed by atoms with E-state index in [-0.39, 0.29) is 23.3 Å². The number of hydrogen-bond acceptors (Lipinski definition) is 10. The summed E-state index contributed by atoms with van der Waals surface area (Å²) in [7, 11) is -3.85. The Bertz CT molecular complexity index is 1300. The molecular weight excluding hydrogens is 494 g/mol. The summed E-state index contributed by atoms with van der Waals surface area (Å²) < 4.78 is 51.9. The highest BCUT2D eigenvalue weighted by atomic mass is 31.2. The smallest absolute Gasteiger partial charge is 0.342 e. The van der Waals surface area contributed by atoms with Gasteiger partial charge < -0.3 is 24.5 Å². The lowest BCUT2D eigenvalue weighted by Crippen LogP contribution is -2.37. The number of ether oxygens (including phenoxy) is 3. The van der Waals surface area contributed by atoms with E-state index < -0.39 is 44.2 Å². The summed E-state index contributed by atoms with van der Waals surface area (Å²) >= 11 is 0. The first-order valence-electron chi connectivity index (χ1n) is 11.0. The molecule has 0 amide bonds. The molecule has 0 radical (unpaired) electrons. The van der Waals surface area contributed by atoms with Crippen LogP contribution in [0.5, 0.6) is 5.75 Å². The maximum absolute atomic E-state index is 14.8. The molecule has 1 aromatic carbocycles. The Balaban J connectivity index is 1.47. The van der Waals surface area contributed by atoms with Crippen LogP contribution in [-0.4, -0.2) is 50.3 Å². The molecule has 3 heterocycles. The minimum atomic E-state index is -3.85. The molecule has 0 bridgehead atoms. The zero-order valence-electron chi connectivity index (χ0n) is 19.8. The van der Waals surface area contributed by atoms with Crippen LogP contribution in [0.3, 0.4) is 0 Å². The lowest BCUT2D eigenvalue weighted by molar-refractivity contribution is -0.149. The van der Waals surface area contributed by atoms with Crippen LogP contribution >= 0.6 is 7.52 Å². The Morgan fingerprint density at radius 1 is 1.25 bits per heavy atom. The van der Waals surface area contributed by atoms with Crippen LogP contribution in [0.4, 0.5) is 10.2 Å². The van der Waals surface area contributed by atoms with Gasteiger partial charge in [0.1, 0.15) is 23.6 Å². The first kappa shape index (κ1) is 25.7. The third-order valence-electron chi connectivity index (χ3n) is 4.93. The van der Waals surface area contributed by atoms with Crippen molar-refractivity contribution in [1.82, 2.24) is 24.6 Å². The second kappa shape index (κ2) is 10.7. The molecule has 14 heteroatoms. The van der Waals surface area contributed by atoms with Crippen molar-refractivity contribution in [2.75, 3.05) is 12.1 Å². The van der Waals surface area contributed by atoms with Gasteiger partial charge >= 0.3 is 13.5 Å². The fourth-order valence-electron chi connectivity index (χ4n) is 3.37. The number of rotatable bonds is 10. The van der Waals surface area contributed by atoms with Gasteiger partial charge in [0, 0.05) is 6.08 Å². The molecule has 4 atom stereocenters. The minimum Gasteiger partial charge on any atom is -0.462 e. The second-order valence-corrected chi connectivity index (χ2v) is 10.2. The number of carbonyl (C=O) groups excluding carboxylic acids is 1. The van der Waals surface area contributed by atoms with E-state index in [0.29, 0.717) is 5.52 Å². The number of aromatic nitrogens is 4. The number of carbonyl (C=O) groups is 1. The van der Waals surface area contributed by atoms with Crippen LogP contribution in [0.15, 0.2) is 54.9 Å². The first-order valence-corrected chi connectivity index (χ1v) is 12.9. The summed E-state index contributed by atoms with van der Waals surface area (Å²) in [5, 5.41) is 2.67. The molecule has 0 saturated heterocycles. The third-order valence-corrected chi connectivity index (χ3v) is 6.71. The van der Waals surface area contributed by atoms with E-state index in [1.54, 1.807) is 44.2 Å². The van der Waals surface area contributed by atoms with Gasteiger partial charge in [0.15, 0.2) is 36.2 Å². The molecule has 0 spiro atoms. The number of halogens is 1. The minimum absolute atomic E-state index is 0.143. The fourth-order valence-corrected chi connectivity index (χ4v) is 5.05. The van der Waals surface area contributed by atoms with Gasteiger partial charge in [-0.1, -0.05) is 18.2 Å². The number of fused-ring (bicyclic) bond motifs is 1. The van der Waals surface area contributed by atoms with E-state index in [1.165, 1.54) is 24.1 Å². The molecule has 12 nitrogen and oxygen atoms in total. The molecule has 3 N–H and O–H groups in total. The lowest BCUT2D eigenvalue weighted by atomic mass is 10.3. The number of anilines is 1. The van der Waals surface area contributed by atoms with Gasteiger partial charge in [0.05, 0.1) is 12.4 Å². The fraction of sp³-hybridized carbons (Fsp3) is 0.364. The van der Waals surface area contributed by atoms with Crippen LogP contribution in [-0.2, 0) is 23.6 Å². The molecule has 0 fully saturated rings. The highest BCUT2D eigenvalue weighted by molar-refractivity contribution is 7.57. The maximum atomic E-state index is 14.8. The number of hydrogen-bond donors (Lipinski definition) is 2. The number of para-hydroxylation sites is 1. The Hall–Kier alpha value is -3.38. The van der Waals surface area contributed by atoms with E-state index in [2.05, 4.69) is 20.0 Å². The Labute approximate surface area is 206 Å². The van der Waals surface area contributed by atoms with Gasteiger partial charge in [0.2, 0.25) is 0 Å². The second-order valence-electron chi connectivity index (χ2n) is 8.20. The number of nitrogens with zero attached hydrogens (tertiary/aromatic N) is 4. The topological polar surface area (TPSA) is 153 Å². The normalized spacial score (nSPS) is 20.2. The number of nitrogens with one attached hydrogen (secondary N) is 1. The lowest BCUT2D eigenvalue weighted by Gasteiger charge is -2.25. The van der Waals surface area contributed by atoms with Crippen molar-refractivity contribution >= 4 is 30.5 Å². The zero-order valence-corrected chi connectivity index (χ0v) is 20.7. The summed E-state index contributed by atoms with van der Waals surface area (Å²) in [5.74, 6) is -0.852. The molecule has 0 saturated carbocycles. The maximum Gasteiger partial charge on any atom is 0.342 e. The number of esters is 1. The molecule has 36 heavy (non-hydrogen) atoms. The molecule has 1 aliphatic heterocycles. The molecule has 4 rings (SSSR count). The van der Waals surface area contributed by atoms with E-state index in [0.717, 1.165) is 6.08 Å². The summed E-state index contributed by atoms with van der Waals surface area (Å²) in [5.41, 5.74) is 6.36. The number of imidazole rings is 1.